The molecule has 0 radical (unpaired) electrons. The Bertz CT molecular complexity index is 771. The number of aromatic nitrogens is 1. The maximum absolute atomic E-state index is 12.3. The minimum atomic E-state index is -0.602. The number of rotatable bonds is 6. The lowest BCUT2D eigenvalue weighted by Gasteiger charge is -2.12. The van der Waals surface area contributed by atoms with E-state index in [1.54, 1.807) is 12.4 Å². The Balaban J connectivity index is 1.50. The van der Waals surface area contributed by atoms with Gasteiger partial charge in [-0.2, -0.15) is 0 Å². The van der Waals surface area contributed by atoms with Crippen LogP contribution < -0.4 is 4.74 Å². The standard InChI is InChI=1S/C20H22N2O4/c1-14-8-15(2)10-17(9-14)25-13-18-12-22(20(24)26-18)19(23)6-5-16-4-3-7-21-11-16/h3-4,7-11,18H,5-6,12-13H2,1-2H3. The summed E-state index contributed by atoms with van der Waals surface area (Å²) in [6.07, 6.45) is 3.13. The van der Waals surface area contributed by atoms with Crippen LogP contribution in [0.5, 0.6) is 5.75 Å². The molecule has 1 aliphatic rings. The van der Waals surface area contributed by atoms with Crippen LogP contribution in [-0.2, 0) is 16.0 Å². The molecule has 0 N–H and O–H groups in total. The van der Waals surface area contributed by atoms with E-state index in [2.05, 4.69) is 11.1 Å². The fourth-order valence-electron chi connectivity index (χ4n) is 2.95. The second-order valence-corrected chi connectivity index (χ2v) is 6.51. The second kappa shape index (κ2) is 7.99. The summed E-state index contributed by atoms with van der Waals surface area (Å²) in [6.45, 7) is 4.44. The summed E-state index contributed by atoms with van der Waals surface area (Å²) in [6, 6.07) is 9.65. The summed E-state index contributed by atoms with van der Waals surface area (Å²) in [5.74, 6) is 0.493. The molecule has 0 spiro atoms. The van der Waals surface area contributed by atoms with Crippen molar-refractivity contribution in [3.05, 3.63) is 59.4 Å². The van der Waals surface area contributed by atoms with Gasteiger partial charge in [0.05, 0.1) is 6.54 Å². The Morgan fingerprint density at radius 2 is 2.08 bits per heavy atom. The molecule has 26 heavy (non-hydrogen) atoms. The molecule has 1 fully saturated rings. The lowest BCUT2D eigenvalue weighted by Crippen LogP contribution is -2.33. The number of hydrogen-bond acceptors (Lipinski definition) is 5. The third-order valence-corrected chi connectivity index (χ3v) is 4.16. The van der Waals surface area contributed by atoms with Gasteiger partial charge >= 0.3 is 6.09 Å². The number of cyclic esters (lactones) is 1. The molecule has 1 aromatic carbocycles. The first-order valence-electron chi connectivity index (χ1n) is 8.62. The van der Waals surface area contributed by atoms with Gasteiger partial charge in [0.25, 0.3) is 0 Å². The van der Waals surface area contributed by atoms with Gasteiger partial charge in [0.2, 0.25) is 5.91 Å². The summed E-state index contributed by atoms with van der Waals surface area (Å²) in [5, 5.41) is 0. The monoisotopic (exact) mass is 354 g/mol. The summed E-state index contributed by atoms with van der Waals surface area (Å²) in [4.78, 5) is 29.5. The van der Waals surface area contributed by atoms with Crippen LogP contribution in [0, 0.1) is 13.8 Å². The highest BCUT2D eigenvalue weighted by atomic mass is 16.6. The molecular weight excluding hydrogens is 332 g/mol. The number of benzene rings is 1. The highest BCUT2D eigenvalue weighted by Gasteiger charge is 2.35. The molecule has 2 amide bonds. The summed E-state index contributed by atoms with van der Waals surface area (Å²) in [7, 11) is 0. The molecule has 0 aliphatic carbocycles. The van der Waals surface area contributed by atoms with E-state index in [4.69, 9.17) is 9.47 Å². The first-order chi connectivity index (χ1) is 12.5. The number of carbonyl (C=O) groups is 2. The summed E-state index contributed by atoms with van der Waals surface area (Å²) >= 11 is 0. The number of pyridine rings is 1. The van der Waals surface area contributed by atoms with E-state index in [0.29, 0.717) is 6.42 Å². The zero-order valence-electron chi connectivity index (χ0n) is 15.0. The quantitative estimate of drug-likeness (QED) is 0.797. The van der Waals surface area contributed by atoms with Gasteiger partial charge in [-0.05, 0) is 55.2 Å². The van der Waals surface area contributed by atoms with Crippen LogP contribution in [0.1, 0.15) is 23.1 Å². The summed E-state index contributed by atoms with van der Waals surface area (Å²) in [5.41, 5.74) is 3.18. The molecule has 136 valence electrons. The van der Waals surface area contributed by atoms with Gasteiger partial charge in [0.15, 0.2) is 6.10 Å². The second-order valence-electron chi connectivity index (χ2n) is 6.51. The van der Waals surface area contributed by atoms with Gasteiger partial charge in [0, 0.05) is 18.8 Å². The van der Waals surface area contributed by atoms with Gasteiger partial charge in [-0.3, -0.25) is 9.78 Å². The van der Waals surface area contributed by atoms with Crippen LogP contribution >= 0.6 is 0 Å². The van der Waals surface area contributed by atoms with Crippen LogP contribution in [0.25, 0.3) is 0 Å². The molecule has 2 aromatic rings. The van der Waals surface area contributed by atoms with Gasteiger partial charge in [-0.25, -0.2) is 9.69 Å². The topological polar surface area (TPSA) is 68.7 Å². The first-order valence-corrected chi connectivity index (χ1v) is 8.62. The largest absolute Gasteiger partial charge is 0.490 e. The van der Waals surface area contributed by atoms with Crippen LogP contribution in [-0.4, -0.2) is 41.1 Å². The van der Waals surface area contributed by atoms with Crippen LogP contribution in [0.2, 0.25) is 0 Å². The van der Waals surface area contributed by atoms with E-state index in [1.165, 1.54) is 0 Å². The number of nitrogens with zero attached hydrogens (tertiary/aromatic N) is 2. The van der Waals surface area contributed by atoms with Crippen molar-refractivity contribution in [1.82, 2.24) is 9.88 Å². The first kappa shape index (κ1) is 17.9. The molecule has 0 bridgehead atoms. The number of aryl methyl sites for hydroxylation is 3. The van der Waals surface area contributed by atoms with E-state index >= 15 is 0 Å². The maximum atomic E-state index is 12.3. The molecule has 6 nitrogen and oxygen atoms in total. The normalized spacial score (nSPS) is 16.5. The van der Waals surface area contributed by atoms with E-state index in [1.807, 2.05) is 38.1 Å². The molecule has 1 aliphatic heterocycles. The SMILES string of the molecule is Cc1cc(C)cc(OCC2CN(C(=O)CCc3cccnc3)C(=O)O2)c1. The molecule has 6 heteroatoms. The van der Waals surface area contributed by atoms with Crippen LogP contribution in [0.3, 0.4) is 0 Å². The average Bonchev–Trinajstić information content (AvgIpc) is 2.99. The third-order valence-electron chi connectivity index (χ3n) is 4.16. The number of ether oxygens (including phenoxy) is 2. The molecule has 1 aromatic heterocycles. The third kappa shape index (κ3) is 4.59. The fraction of sp³-hybridized carbons (Fsp3) is 0.350. The average molecular weight is 354 g/mol. The Labute approximate surface area is 152 Å². The molecule has 1 saturated heterocycles. The van der Waals surface area contributed by atoms with Crippen molar-refractivity contribution in [3.63, 3.8) is 0 Å². The Morgan fingerprint density at radius 1 is 1.31 bits per heavy atom. The Kier molecular flexibility index (Phi) is 5.51. The Hall–Kier alpha value is -2.89. The van der Waals surface area contributed by atoms with E-state index in [-0.39, 0.29) is 25.5 Å². The van der Waals surface area contributed by atoms with Gasteiger partial charge in [0.1, 0.15) is 12.4 Å². The molecular formula is C20H22N2O4. The lowest BCUT2D eigenvalue weighted by atomic mass is 10.1. The minimum Gasteiger partial charge on any atom is -0.490 e. The lowest BCUT2D eigenvalue weighted by molar-refractivity contribution is -0.127. The zero-order chi connectivity index (χ0) is 18.5. The van der Waals surface area contributed by atoms with Crippen molar-refractivity contribution < 1.29 is 19.1 Å². The van der Waals surface area contributed by atoms with E-state index in [0.717, 1.165) is 27.3 Å². The predicted octanol–water partition coefficient (Wildman–Crippen LogP) is 3.06. The van der Waals surface area contributed by atoms with Crippen molar-refractivity contribution in [1.29, 1.82) is 0 Å². The van der Waals surface area contributed by atoms with Gasteiger partial charge < -0.3 is 9.47 Å². The number of carbonyl (C=O) groups excluding carboxylic acids is 2. The van der Waals surface area contributed by atoms with Crippen molar-refractivity contribution in [3.8, 4) is 5.75 Å². The highest BCUT2D eigenvalue weighted by Crippen LogP contribution is 2.19. The van der Waals surface area contributed by atoms with E-state index < -0.39 is 12.2 Å². The molecule has 3 rings (SSSR count). The number of hydrogen-bond donors (Lipinski definition) is 0. The highest BCUT2D eigenvalue weighted by molar-refractivity contribution is 5.93. The smallest absolute Gasteiger partial charge is 0.417 e. The predicted molar refractivity (Wildman–Crippen MR) is 96.0 cm³/mol. The van der Waals surface area contributed by atoms with Crippen LogP contribution in [0.4, 0.5) is 4.79 Å². The maximum Gasteiger partial charge on any atom is 0.417 e. The van der Waals surface area contributed by atoms with Crippen molar-refractivity contribution in [2.75, 3.05) is 13.2 Å². The van der Waals surface area contributed by atoms with Crippen LogP contribution in [0.15, 0.2) is 42.7 Å². The molecule has 2 heterocycles. The molecule has 1 unspecified atom stereocenters. The zero-order valence-corrected chi connectivity index (χ0v) is 15.0. The van der Waals surface area contributed by atoms with Crippen molar-refractivity contribution >= 4 is 12.0 Å². The summed E-state index contributed by atoms with van der Waals surface area (Å²) < 4.78 is 11.0. The Morgan fingerprint density at radius 3 is 2.77 bits per heavy atom. The molecule has 1 atom stereocenters. The minimum absolute atomic E-state index is 0.218. The number of imide groups is 1. The van der Waals surface area contributed by atoms with Crippen molar-refractivity contribution in [2.45, 2.75) is 32.8 Å². The van der Waals surface area contributed by atoms with Gasteiger partial charge in [-0.1, -0.05) is 12.1 Å². The van der Waals surface area contributed by atoms with Crippen molar-refractivity contribution in [2.24, 2.45) is 0 Å². The van der Waals surface area contributed by atoms with E-state index in [9.17, 15) is 9.59 Å². The van der Waals surface area contributed by atoms with Gasteiger partial charge in [-0.15, -0.1) is 0 Å². The number of amides is 2. The molecule has 0 saturated carbocycles. The fourth-order valence-corrected chi connectivity index (χ4v) is 2.95.